The molecule has 6 nitrogen and oxygen atoms in total. The molecule has 0 N–H and O–H groups in total. The van der Waals surface area contributed by atoms with Crippen LogP contribution in [0.1, 0.15) is 355 Å². The van der Waals surface area contributed by atoms with Crippen LogP contribution in [0.3, 0.4) is 0 Å². The second kappa shape index (κ2) is 65.6. The molecule has 0 bridgehead atoms. The summed E-state index contributed by atoms with van der Waals surface area (Å²) in [5.74, 6) is -0.875. The van der Waals surface area contributed by atoms with E-state index in [1.807, 2.05) is 0 Å². The molecular weight excluding hydrogens is 949 g/mol. The highest BCUT2D eigenvalue weighted by atomic mass is 16.6. The van der Waals surface area contributed by atoms with Gasteiger partial charge in [-0.1, -0.05) is 332 Å². The summed E-state index contributed by atoms with van der Waals surface area (Å²) in [7, 11) is 0. The van der Waals surface area contributed by atoms with Crippen molar-refractivity contribution in [3.8, 4) is 0 Å². The van der Waals surface area contributed by atoms with E-state index in [-0.39, 0.29) is 31.1 Å². The van der Waals surface area contributed by atoms with E-state index in [0.717, 1.165) is 109 Å². The average Bonchev–Trinajstić information content (AvgIpc) is 3.43. The van der Waals surface area contributed by atoms with Gasteiger partial charge in [0.05, 0.1) is 0 Å². The summed E-state index contributed by atoms with van der Waals surface area (Å²) < 4.78 is 16.9. The molecule has 6 heteroatoms. The molecule has 0 aliphatic carbocycles. The van der Waals surface area contributed by atoms with Crippen molar-refractivity contribution in [2.45, 2.75) is 361 Å². The fourth-order valence-electron chi connectivity index (χ4n) is 10.0. The highest BCUT2D eigenvalue weighted by molar-refractivity contribution is 5.71. The molecule has 0 aliphatic heterocycles. The number of hydrogen-bond acceptors (Lipinski definition) is 6. The first-order valence-electron chi connectivity index (χ1n) is 33.8. The highest BCUT2D eigenvalue weighted by Crippen LogP contribution is 2.18. The molecule has 0 spiro atoms. The lowest BCUT2D eigenvalue weighted by molar-refractivity contribution is -0.167. The Bertz CT molecular complexity index is 1380. The van der Waals surface area contributed by atoms with Gasteiger partial charge < -0.3 is 14.2 Å². The molecule has 1 unspecified atom stereocenters. The molecule has 0 aromatic carbocycles. The van der Waals surface area contributed by atoms with Crippen LogP contribution in [0.5, 0.6) is 0 Å². The van der Waals surface area contributed by atoms with Gasteiger partial charge in [-0.3, -0.25) is 14.4 Å². The van der Waals surface area contributed by atoms with Crippen LogP contribution >= 0.6 is 0 Å². The van der Waals surface area contributed by atoms with Crippen molar-refractivity contribution in [2.75, 3.05) is 13.2 Å². The molecule has 77 heavy (non-hydrogen) atoms. The van der Waals surface area contributed by atoms with E-state index in [9.17, 15) is 14.4 Å². The SMILES string of the molecule is CC/C=C\C/C=C\C/C=C\C/C=C\C/C=C\CCCCCCCC(=O)OC(COC(=O)CCCCCCCCCCCCCC)COC(=O)CCCCCCCCCCCCCCCCCCCCCCCCCCCC. The number of ether oxygens (including phenoxy) is 3. The molecule has 0 aromatic rings. The van der Waals surface area contributed by atoms with Gasteiger partial charge in [0.25, 0.3) is 0 Å². The lowest BCUT2D eigenvalue weighted by atomic mass is 10.0. The van der Waals surface area contributed by atoms with Crippen LogP contribution in [0.15, 0.2) is 60.8 Å². The first-order chi connectivity index (χ1) is 38.0. The molecule has 0 aromatic heterocycles. The summed E-state index contributed by atoms with van der Waals surface area (Å²) in [6, 6.07) is 0. The normalized spacial score (nSPS) is 12.4. The first kappa shape index (κ1) is 74.1. The minimum absolute atomic E-state index is 0.0776. The van der Waals surface area contributed by atoms with Crippen LogP contribution in [-0.2, 0) is 28.6 Å². The third-order valence-electron chi connectivity index (χ3n) is 15.0. The van der Waals surface area contributed by atoms with E-state index < -0.39 is 6.10 Å². The Kier molecular flexibility index (Phi) is 63.2. The van der Waals surface area contributed by atoms with E-state index >= 15 is 0 Å². The third-order valence-corrected chi connectivity index (χ3v) is 15.0. The zero-order valence-corrected chi connectivity index (χ0v) is 51.5. The molecule has 1 atom stereocenters. The summed E-state index contributed by atoms with van der Waals surface area (Å²) in [5, 5.41) is 0. The predicted molar refractivity (Wildman–Crippen MR) is 335 cm³/mol. The molecular formula is C71H128O6. The molecule has 0 fully saturated rings. The van der Waals surface area contributed by atoms with Crippen LogP contribution in [0.25, 0.3) is 0 Å². The zero-order chi connectivity index (χ0) is 55.7. The van der Waals surface area contributed by atoms with Crippen LogP contribution in [0.4, 0.5) is 0 Å². The summed E-state index contributed by atoms with van der Waals surface area (Å²) >= 11 is 0. The Labute approximate surface area is 479 Å². The van der Waals surface area contributed by atoms with Crippen LogP contribution in [0, 0.1) is 0 Å². The monoisotopic (exact) mass is 1080 g/mol. The van der Waals surface area contributed by atoms with Gasteiger partial charge in [-0.2, -0.15) is 0 Å². The number of carbonyl (C=O) groups excluding carboxylic acids is 3. The fourth-order valence-corrected chi connectivity index (χ4v) is 10.0. The number of hydrogen-bond donors (Lipinski definition) is 0. The van der Waals surface area contributed by atoms with Crippen molar-refractivity contribution in [3.63, 3.8) is 0 Å². The van der Waals surface area contributed by atoms with Crippen molar-refractivity contribution in [2.24, 2.45) is 0 Å². The second-order valence-electron chi connectivity index (χ2n) is 22.7. The minimum Gasteiger partial charge on any atom is -0.462 e. The van der Waals surface area contributed by atoms with Gasteiger partial charge in [-0.15, -0.1) is 0 Å². The summed E-state index contributed by atoms with van der Waals surface area (Å²) in [5.41, 5.74) is 0. The lowest BCUT2D eigenvalue weighted by Crippen LogP contribution is -2.30. The number of unbranched alkanes of at least 4 members (excludes halogenated alkanes) is 41. The Morgan fingerprint density at radius 3 is 0.792 bits per heavy atom. The van der Waals surface area contributed by atoms with Crippen LogP contribution < -0.4 is 0 Å². The lowest BCUT2D eigenvalue weighted by Gasteiger charge is -2.18. The van der Waals surface area contributed by atoms with E-state index in [0.29, 0.717) is 19.3 Å². The molecule has 0 saturated heterocycles. The van der Waals surface area contributed by atoms with Crippen molar-refractivity contribution in [3.05, 3.63) is 60.8 Å². The van der Waals surface area contributed by atoms with Gasteiger partial charge in [-0.05, 0) is 64.2 Å². The average molecular weight is 1080 g/mol. The van der Waals surface area contributed by atoms with Crippen LogP contribution in [-0.4, -0.2) is 37.2 Å². The van der Waals surface area contributed by atoms with Gasteiger partial charge in [-0.25, -0.2) is 0 Å². The molecule has 0 heterocycles. The maximum Gasteiger partial charge on any atom is 0.306 e. The van der Waals surface area contributed by atoms with E-state index in [4.69, 9.17) is 14.2 Å². The van der Waals surface area contributed by atoms with Gasteiger partial charge >= 0.3 is 17.9 Å². The summed E-state index contributed by atoms with van der Waals surface area (Å²) in [6.45, 7) is 6.56. The topological polar surface area (TPSA) is 78.9 Å². The Morgan fingerprint density at radius 2 is 0.506 bits per heavy atom. The smallest absolute Gasteiger partial charge is 0.306 e. The molecule has 0 saturated carbocycles. The van der Waals surface area contributed by atoms with Gasteiger partial charge in [0.2, 0.25) is 0 Å². The highest BCUT2D eigenvalue weighted by Gasteiger charge is 2.19. The summed E-state index contributed by atoms with van der Waals surface area (Å²) in [6.07, 6.45) is 83.9. The second-order valence-corrected chi connectivity index (χ2v) is 22.7. The molecule has 0 radical (unpaired) electrons. The maximum absolute atomic E-state index is 12.9. The van der Waals surface area contributed by atoms with Gasteiger partial charge in [0.15, 0.2) is 6.10 Å². The van der Waals surface area contributed by atoms with E-state index in [1.165, 1.54) is 205 Å². The molecule has 0 aliphatic rings. The van der Waals surface area contributed by atoms with E-state index in [2.05, 4.69) is 81.5 Å². The van der Waals surface area contributed by atoms with Crippen LogP contribution in [0.2, 0.25) is 0 Å². The zero-order valence-electron chi connectivity index (χ0n) is 51.5. The Hall–Kier alpha value is -2.89. The van der Waals surface area contributed by atoms with Crippen molar-refractivity contribution in [1.82, 2.24) is 0 Å². The van der Waals surface area contributed by atoms with Gasteiger partial charge in [0, 0.05) is 19.3 Å². The number of rotatable bonds is 62. The van der Waals surface area contributed by atoms with Crippen molar-refractivity contribution in [1.29, 1.82) is 0 Å². The minimum atomic E-state index is -0.783. The number of esters is 3. The molecule has 448 valence electrons. The molecule has 0 amide bonds. The summed E-state index contributed by atoms with van der Waals surface area (Å²) in [4.78, 5) is 38.3. The van der Waals surface area contributed by atoms with E-state index in [1.54, 1.807) is 0 Å². The van der Waals surface area contributed by atoms with Crippen molar-refractivity contribution >= 4 is 17.9 Å². The predicted octanol–water partition coefficient (Wildman–Crippen LogP) is 23.1. The Balaban J connectivity index is 4.25. The van der Waals surface area contributed by atoms with Gasteiger partial charge in [0.1, 0.15) is 13.2 Å². The third kappa shape index (κ3) is 63.8. The number of carbonyl (C=O) groups is 3. The molecule has 0 rings (SSSR count). The maximum atomic E-state index is 12.9. The number of allylic oxidation sites excluding steroid dienone is 10. The quantitative estimate of drug-likeness (QED) is 0.0261. The fraction of sp³-hybridized carbons (Fsp3) is 0.817. The Morgan fingerprint density at radius 1 is 0.273 bits per heavy atom. The first-order valence-corrected chi connectivity index (χ1v) is 33.8. The van der Waals surface area contributed by atoms with Crippen molar-refractivity contribution < 1.29 is 28.6 Å². The largest absolute Gasteiger partial charge is 0.462 e. The standard InChI is InChI=1S/C71H128O6/c1-4-7-10-13-16-19-22-25-27-29-31-33-34-35-36-37-39-40-42-44-46-49-52-55-58-61-64-70(73)76-67-68(66-75-69(72)63-60-57-54-51-48-24-21-18-15-12-9-6-3)77-71(74)65-62-59-56-53-50-47-45-43-41-38-32-30-28-26-23-20-17-14-11-8-5-2/h8,11,17,20,26,28,32,38,43,45,68H,4-7,9-10,12-16,18-19,21-25,27,29-31,33-37,39-42,44,46-67H2,1-3H3/b11-8-,20-17-,28-26-,38-32-,45-43-.